The van der Waals surface area contributed by atoms with Crippen molar-refractivity contribution in [2.75, 3.05) is 23.7 Å². The van der Waals surface area contributed by atoms with Gasteiger partial charge in [0.25, 0.3) is 0 Å². The molecule has 0 aliphatic carbocycles. The Morgan fingerprint density at radius 1 is 0.949 bits per heavy atom. The average Bonchev–Trinajstić information content (AvgIpc) is 2.90. The summed E-state index contributed by atoms with van der Waals surface area (Å²) in [5, 5.41) is 2.81. The number of sulfonamides is 1. The quantitative estimate of drug-likeness (QED) is 0.339. The van der Waals surface area contributed by atoms with E-state index in [1.807, 2.05) is 49.4 Å². The van der Waals surface area contributed by atoms with Crippen LogP contribution in [0.1, 0.15) is 36.5 Å². The lowest BCUT2D eigenvalue weighted by atomic mass is 10.0. The molecule has 3 aromatic carbocycles. The maximum atomic E-state index is 14.6. The molecular weight excluding hydrogens is 517 g/mol. The van der Waals surface area contributed by atoms with E-state index < -0.39 is 21.9 Å². The minimum absolute atomic E-state index is 0.0168. The van der Waals surface area contributed by atoms with Gasteiger partial charge in [-0.25, -0.2) is 12.8 Å². The number of benzene rings is 3. The first-order valence-electron chi connectivity index (χ1n) is 13.0. The van der Waals surface area contributed by atoms with Crippen molar-refractivity contribution in [3.63, 3.8) is 0 Å². The molecule has 0 aromatic heterocycles. The zero-order valence-electron chi connectivity index (χ0n) is 22.6. The van der Waals surface area contributed by atoms with Gasteiger partial charge < -0.3 is 10.2 Å². The minimum atomic E-state index is -3.59. The van der Waals surface area contributed by atoms with E-state index in [2.05, 4.69) is 5.32 Å². The number of hydrogen-bond acceptors (Lipinski definition) is 4. The number of carbonyl (C=O) groups is 2. The highest BCUT2D eigenvalue weighted by Crippen LogP contribution is 2.21. The lowest BCUT2D eigenvalue weighted by Crippen LogP contribution is -2.50. The normalized spacial score (nSPS) is 12.0. The Hall–Kier alpha value is -3.72. The largest absolute Gasteiger partial charge is 0.355 e. The molecule has 3 aromatic rings. The number of anilines is 1. The van der Waals surface area contributed by atoms with Gasteiger partial charge in [-0.05, 0) is 44.0 Å². The van der Waals surface area contributed by atoms with Crippen molar-refractivity contribution in [1.29, 1.82) is 0 Å². The Morgan fingerprint density at radius 3 is 2.21 bits per heavy atom. The van der Waals surface area contributed by atoms with E-state index in [9.17, 15) is 22.4 Å². The standard InChI is InChI=1S/C30H36FN3O4S/c1-4-32-30(36)28(21-24-11-6-5-7-12-24)33(22-25-13-8-9-14-27(25)31)29(35)15-10-20-34(39(3,37)38)26-18-16-23(2)17-19-26/h5-9,11-14,16-19,28H,4,10,15,20-22H2,1-3H3,(H,32,36)/t28-/m1/s1. The van der Waals surface area contributed by atoms with Crippen LogP contribution in [-0.2, 0) is 32.6 Å². The molecule has 208 valence electrons. The lowest BCUT2D eigenvalue weighted by Gasteiger charge is -2.32. The molecule has 0 aliphatic rings. The number of halogens is 1. The summed E-state index contributed by atoms with van der Waals surface area (Å²) >= 11 is 0. The fourth-order valence-electron chi connectivity index (χ4n) is 4.37. The van der Waals surface area contributed by atoms with Crippen molar-refractivity contribution >= 4 is 27.5 Å². The number of hydrogen-bond donors (Lipinski definition) is 1. The number of aryl methyl sites for hydroxylation is 1. The number of amides is 2. The monoisotopic (exact) mass is 553 g/mol. The van der Waals surface area contributed by atoms with Gasteiger partial charge in [-0.1, -0.05) is 66.2 Å². The zero-order chi connectivity index (χ0) is 28.4. The molecule has 0 spiro atoms. The van der Waals surface area contributed by atoms with E-state index >= 15 is 0 Å². The SMILES string of the molecule is CCNC(=O)[C@@H](Cc1ccccc1)N(Cc1ccccc1F)C(=O)CCCN(c1ccc(C)cc1)S(C)(=O)=O. The van der Waals surface area contributed by atoms with E-state index in [1.54, 1.807) is 37.3 Å². The van der Waals surface area contributed by atoms with Crippen molar-refractivity contribution in [2.45, 2.75) is 45.7 Å². The molecule has 1 N–H and O–H groups in total. The summed E-state index contributed by atoms with van der Waals surface area (Å²) in [4.78, 5) is 28.3. The molecule has 0 radical (unpaired) electrons. The molecule has 0 saturated carbocycles. The fourth-order valence-corrected chi connectivity index (χ4v) is 5.34. The summed E-state index contributed by atoms with van der Waals surface area (Å²) in [5.41, 5.74) is 2.68. The summed E-state index contributed by atoms with van der Waals surface area (Å²) in [5.74, 6) is -1.15. The summed E-state index contributed by atoms with van der Waals surface area (Å²) < 4.78 is 40.9. The van der Waals surface area contributed by atoms with E-state index in [1.165, 1.54) is 15.3 Å². The molecule has 0 bridgehead atoms. The Labute approximate surface area is 230 Å². The number of rotatable bonds is 13. The van der Waals surface area contributed by atoms with Gasteiger partial charge in [0, 0.05) is 38.0 Å². The van der Waals surface area contributed by atoms with Crippen molar-refractivity contribution in [1.82, 2.24) is 10.2 Å². The van der Waals surface area contributed by atoms with Crippen LogP contribution in [0.5, 0.6) is 0 Å². The molecule has 0 aliphatic heterocycles. The second-order valence-electron chi connectivity index (χ2n) is 9.49. The van der Waals surface area contributed by atoms with Crippen LogP contribution < -0.4 is 9.62 Å². The smallest absolute Gasteiger partial charge is 0.243 e. The Bertz CT molecular complexity index is 1350. The van der Waals surface area contributed by atoms with E-state index in [-0.39, 0.29) is 44.2 Å². The molecule has 9 heteroatoms. The third-order valence-electron chi connectivity index (χ3n) is 6.39. The highest BCUT2D eigenvalue weighted by atomic mass is 32.2. The molecular formula is C30H36FN3O4S. The van der Waals surface area contributed by atoms with Crippen molar-refractivity contribution in [2.24, 2.45) is 0 Å². The summed E-state index contributed by atoms with van der Waals surface area (Å²) in [6.07, 6.45) is 1.59. The third kappa shape index (κ3) is 8.64. The Morgan fingerprint density at radius 2 is 1.59 bits per heavy atom. The van der Waals surface area contributed by atoms with Crippen LogP contribution in [-0.4, -0.2) is 50.5 Å². The minimum Gasteiger partial charge on any atom is -0.355 e. The maximum Gasteiger partial charge on any atom is 0.243 e. The molecule has 0 fully saturated rings. The van der Waals surface area contributed by atoms with Crippen LogP contribution in [0.2, 0.25) is 0 Å². The number of nitrogens with one attached hydrogen (secondary N) is 1. The van der Waals surface area contributed by atoms with E-state index in [0.717, 1.165) is 17.4 Å². The first-order valence-corrected chi connectivity index (χ1v) is 14.8. The molecule has 3 rings (SSSR count). The third-order valence-corrected chi connectivity index (χ3v) is 7.59. The van der Waals surface area contributed by atoms with Gasteiger partial charge in [0.15, 0.2) is 0 Å². The molecule has 2 amide bonds. The van der Waals surface area contributed by atoms with Crippen molar-refractivity contribution < 1.29 is 22.4 Å². The topological polar surface area (TPSA) is 86.8 Å². The number of nitrogens with zero attached hydrogens (tertiary/aromatic N) is 2. The van der Waals surface area contributed by atoms with Crippen LogP contribution in [0.25, 0.3) is 0 Å². The predicted molar refractivity (Wildman–Crippen MR) is 152 cm³/mol. The highest BCUT2D eigenvalue weighted by Gasteiger charge is 2.30. The zero-order valence-corrected chi connectivity index (χ0v) is 23.5. The van der Waals surface area contributed by atoms with Crippen LogP contribution in [0.4, 0.5) is 10.1 Å². The van der Waals surface area contributed by atoms with E-state index in [4.69, 9.17) is 0 Å². The average molecular weight is 554 g/mol. The maximum absolute atomic E-state index is 14.6. The van der Waals surface area contributed by atoms with Gasteiger partial charge in [0.2, 0.25) is 21.8 Å². The van der Waals surface area contributed by atoms with Crippen molar-refractivity contribution in [3.8, 4) is 0 Å². The lowest BCUT2D eigenvalue weighted by molar-refractivity contribution is -0.141. The number of likely N-dealkylation sites (N-methyl/N-ethyl adjacent to an activating group) is 1. The van der Waals surface area contributed by atoms with Crippen LogP contribution in [0.15, 0.2) is 78.9 Å². The second kappa shape index (κ2) is 13.9. The Kier molecular flexibility index (Phi) is 10.6. The number of carbonyl (C=O) groups excluding carboxylic acids is 2. The van der Waals surface area contributed by atoms with Gasteiger partial charge in [-0.15, -0.1) is 0 Å². The Balaban J connectivity index is 1.86. The second-order valence-corrected chi connectivity index (χ2v) is 11.4. The first kappa shape index (κ1) is 29.8. The fraction of sp³-hybridized carbons (Fsp3) is 0.333. The highest BCUT2D eigenvalue weighted by molar-refractivity contribution is 7.92. The van der Waals surface area contributed by atoms with Gasteiger partial charge in [0.05, 0.1) is 11.9 Å². The first-order chi connectivity index (χ1) is 18.6. The van der Waals surface area contributed by atoms with E-state index in [0.29, 0.717) is 17.8 Å². The molecule has 1 atom stereocenters. The summed E-state index contributed by atoms with van der Waals surface area (Å²) in [6.45, 7) is 4.09. The molecule has 0 unspecified atom stereocenters. The van der Waals surface area contributed by atoms with Gasteiger partial charge >= 0.3 is 0 Å². The molecule has 0 heterocycles. The molecule has 0 saturated heterocycles. The summed E-state index contributed by atoms with van der Waals surface area (Å²) in [7, 11) is -3.59. The molecule has 7 nitrogen and oxygen atoms in total. The van der Waals surface area contributed by atoms with Crippen molar-refractivity contribution in [3.05, 3.63) is 101 Å². The van der Waals surface area contributed by atoms with Crippen LogP contribution in [0, 0.1) is 12.7 Å². The van der Waals surface area contributed by atoms with Crippen LogP contribution >= 0.6 is 0 Å². The van der Waals surface area contributed by atoms with Crippen LogP contribution in [0.3, 0.4) is 0 Å². The summed E-state index contributed by atoms with van der Waals surface area (Å²) in [6, 6.07) is 21.8. The van der Waals surface area contributed by atoms with Gasteiger partial charge in [-0.2, -0.15) is 0 Å². The van der Waals surface area contributed by atoms with Gasteiger partial charge in [0.1, 0.15) is 11.9 Å². The predicted octanol–water partition coefficient (Wildman–Crippen LogP) is 4.46. The molecule has 39 heavy (non-hydrogen) atoms. The van der Waals surface area contributed by atoms with Gasteiger partial charge in [-0.3, -0.25) is 13.9 Å².